The topological polar surface area (TPSA) is 67.8 Å². The molecule has 2 rings (SSSR count). The molecule has 0 bridgehead atoms. The van der Waals surface area contributed by atoms with Gasteiger partial charge in [0.05, 0.1) is 13.7 Å². The largest absolute Gasteiger partial charge is 0.480 e. The van der Waals surface area contributed by atoms with Gasteiger partial charge < -0.3 is 14.4 Å². The molecule has 1 saturated heterocycles. The average molecular weight is 315 g/mol. The number of methoxy groups -OCH3 is 2. The van der Waals surface area contributed by atoms with Crippen LogP contribution in [0.2, 0.25) is 5.15 Å². The molecular weight excluding hydrogens is 296 g/mol. The van der Waals surface area contributed by atoms with Crippen molar-refractivity contribution < 1.29 is 14.3 Å². The number of hydrogen-bond donors (Lipinski definition) is 0. The highest BCUT2D eigenvalue weighted by molar-refractivity contribution is 6.32. The maximum atomic E-state index is 12.6. The number of hydrogen-bond acceptors (Lipinski definition) is 6. The number of nitrogens with zero attached hydrogens (tertiary/aromatic N) is 4. The van der Waals surface area contributed by atoms with Crippen LogP contribution in [0.1, 0.15) is 10.4 Å². The molecule has 0 aromatic carbocycles. The molecule has 8 heteroatoms. The smallest absolute Gasteiger partial charge is 0.262 e. The number of amides is 1. The lowest BCUT2D eigenvalue weighted by Gasteiger charge is -2.34. The van der Waals surface area contributed by atoms with Gasteiger partial charge in [-0.2, -0.15) is 0 Å². The zero-order valence-electron chi connectivity index (χ0n) is 12.2. The van der Waals surface area contributed by atoms with Gasteiger partial charge in [-0.15, -0.1) is 0 Å². The summed E-state index contributed by atoms with van der Waals surface area (Å²) in [5.41, 5.74) is 0.229. The summed E-state index contributed by atoms with van der Waals surface area (Å²) in [6.45, 7) is 4.45. The van der Waals surface area contributed by atoms with Crippen LogP contribution < -0.4 is 4.74 Å². The van der Waals surface area contributed by atoms with Crippen molar-refractivity contribution in [2.45, 2.75) is 0 Å². The molecule has 0 unspecified atom stereocenters. The lowest BCUT2D eigenvalue weighted by atomic mass is 10.2. The van der Waals surface area contributed by atoms with Crippen LogP contribution in [0.5, 0.6) is 5.88 Å². The zero-order valence-corrected chi connectivity index (χ0v) is 13.0. The van der Waals surface area contributed by atoms with E-state index in [0.29, 0.717) is 19.7 Å². The fourth-order valence-corrected chi connectivity index (χ4v) is 2.44. The van der Waals surface area contributed by atoms with Crippen LogP contribution in [0, 0.1) is 0 Å². The Morgan fingerprint density at radius 2 is 2.00 bits per heavy atom. The maximum Gasteiger partial charge on any atom is 0.262 e. The van der Waals surface area contributed by atoms with Crippen molar-refractivity contribution in [3.05, 3.63) is 17.0 Å². The molecule has 0 N–H and O–H groups in total. The van der Waals surface area contributed by atoms with Gasteiger partial charge in [-0.3, -0.25) is 9.69 Å². The van der Waals surface area contributed by atoms with E-state index in [1.165, 1.54) is 13.4 Å². The minimum atomic E-state index is -0.191. The molecule has 0 spiro atoms. The monoisotopic (exact) mass is 314 g/mol. The first kappa shape index (κ1) is 15.9. The Bertz CT molecular complexity index is 492. The van der Waals surface area contributed by atoms with Crippen LogP contribution in [-0.2, 0) is 4.74 Å². The summed E-state index contributed by atoms with van der Waals surface area (Å²) in [7, 11) is 3.14. The van der Waals surface area contributed by atoms with Crippen molar-refractivity contribution in [1.29, 1.82) is 0 Å². The standard InChI is InChI=1S/C13H19ClN4O3/c1-20-8-7-17-3-5-18(6-4-17)13(19)10-11(14)15-9-16-12(10)21-2/h9H,3-8H2,1-2H3. The molecule has 21 heavy (non-hydrogen) atoms. The van der Waals surface area contributed by atoms with E-state index < -0.39 is 0 Å². The van der Waals surface area contributed by atoms with Gasteiger partial charge in [-0.1, -0.05) is 11.6 Å². The van der Waals surface area contributed by atoms with Crippen LogP contribution >= 0.6 is 11.6 Å². The fraction of sp³-hybridized carbons (Fsp3) is 0.615. The van der Waals surface area contributed by atoms with Crippen molar-refractivity contribution in [3.63, 3.8) is 0 Å². The number of carbonyl (C=O) groups is 1. The van der Waals surface area contributed by atoms with Gasteiger partial charge in [0.25, 0.3) is 5.91 Å². The van der Waals surface area contributed by atoms with Crippen molar-refractivity contribution >= 4 is 17.5 Å². The minimum absolute atomic E-state index is 0.119. The summed E-state index contributed by atoms with van der Waals surface area (Å²) < 4.78 is 10.2. The van der Waals surface area contributed by atoms with Crippen LogP contribution in [0.25, 0.3) is 0 Å². The number of rotatable bonds is 5. The summed E-state index contributed by atoms with van der Waals surface area (Å²) in [6.07, 6.45) is 1.28. The Morgan fingerprint density at radius 1 is 1.29 bits per heavy atom. The summed E-state index contributed by atoms with van der Waals surface area (Å²) in [5.74, 6) is 0.0191. The second-order valence-corrected chi connectivity index (χ2v) is 5.03. The van der Waals surface area contributed by atoms with Crippen LogP contribution in [0.4, 0.5) is 0 Å². The third-order valence-corrected chi connectivity index (χ3v) is 3.73. The first-order valence-electron chi connectivity index (χ1n) is 6.72. The van der Waals surface area contributed by atoms with E-state index in [9.17, 15) is 4.79 Å². The Hall–Kier alpha value is -1.44. The molecule has 1 aromatic rings. The lowest BCUT2D eigenvalue weighted by molar-refractivity contribution is 0.0590. The molecule has 1 aromatic heterocycles. The maximum absolute atomic E-state index is 12.6. The molecule has 0 radical (unpaired) electrons. The van der Waals surface area contributed by atoms with E-state index >= 15 is 0 Å². The van der Waals surface area contributed by atoms with E-state index in [1.54, 1.807) is 12.0 Å². The number of ether oxygens (including phenoxy) is 2. The summed E-state index contributed by atoms with van der Waals surface area (Å²) in [6, 6.07) is 0. The van der Waals surface area contributed by atoms with Gasteiger partial charge in [-0.05, 0) is 0 Å². The number of carbonyl (C=O) groups excluding carboxylic acids is 1. The van der Waals surface area contributed by atoms with Crippen LogP contribution in [0.3, 0.4) is 0 Å². The van der Waals surface area contributed by atoms with E-state index in [0.717, 1.165) is 19.6 Å². The Morgan fingerprint density at radius 3 is 2.62 bits per heavy atom. The lowest BCUT2D eigenvalue weighted by Crippen LogP contribution is -2.49. The highest BCUT2D eigenvalue weighted by Gasteiger charge is 2.27. The molecular formula is C13H19ClN4O3. The molecule has 0 aliphatic carbocycles. The van der Waals surface area contributed by atoms with E-state index in [4.69, 9.17) is 21.1 Å². The summed E-state index contributed by atoms with van der Waals surface area (Å²) in [5, 5.41) is 0.119. The predicted molar refractivity (Wildman–Crippen MR) is 77.8 cm³/mol. The first-order valence-corrected chi connectivity index (χ1v) is 7.10. The fourth-order valence-electron chi connectivity index (χ4n) is 2.24. The quantitative estimate of drug-likeness (QED) is 0.739. The molecule has 1 fully saturated rings. The molecule has 7 nitrogen and oxygen atoms in total. The van der Waals surface area contributed by atoms with Gasteiger partial charge in [0, 0.05) is 39.8 Å². The second-order valence-electron chi connectivity index (χ2n) is 4.68. The van der Waals surface area contributed by atoms with Gasteiger partial charge in [-0.25, -0.2) is 9.97 Å². The van der Waals surface area contributed by atoms with Crippen LogP contribution in [-0.4, -0.2) is 79.2 Å². The Balaban J connectivity index is 2.02. The number of piperazine rings is 1. The second kappa shape index (κ2) is 7.53. The van der Waals surface area contributed by atoms with Gasteiger partial charge in [0.1, 0.15) is 17.0 Å². The summed E-state index contributed by atoms with van der Waals surface area (Å²) >= 11 is 6.01. The first-order chi connectivity index (χ1) is 10.2. The van der Waals surface area contributed by atoms with Gasteiger partial charge >= 0.3 is 0 Å². The Labute approximate surface area is 128 Å². The SMILES string of the molecule is COCCN1CCN(C(=O)c2c(Cl)ncnc2OC)CC1. The molecule has 116 valence electrons. The highest BCUT2D eigenvalue weighted by Crippen LogP contribution is 2.23. The van der Waals surface area contributed by atoms with Crippen molar-refractivity contribution in [1.82, 2.24) is 19.8 Å². The third-order valence-electron chi connectivity index (χ3n) is 3.44. The zero-order chi connectivity index (χ0) is 15.2. The van der Waals surface area contributed by atoms with E-state index in [-0.39, 0.29) is 22.5 Å². The molecule has 1 aliphatic rings. The minimum Gasteiger partial charge on any atom is -0.480 e. The number of halogens is 1. The normalized spacial score (nSPS) is 16.0. The van der Waals surface area contributed by atoms with Crippen molar-refractivity contribution in [2.75, 3.05) is 53.6 Å². The Kier molecular flexibility index (Phi) is 5.72. The average Bonchev–Trinajstić information content (AvgIpc) is 2.52. The molecule has 0 saturated carbocycles. The van der Waals surface area contributed by atoms with E-state index in [2.05, 4.69) is 14.9 Å². The molecule has 0 atom stereocenters. The summed E-state index contributed by atoms with van der Waals surface area (Å²) in [4.78, 5) is 24.4. The van der Waals surface area contributed by atoms with Gasteiger partial charge in [0.2, 0.25) is 5.88 Å². The number of aromatic nitrogens is 2. The van der Waals surface area contributed by atoms with E-state index in [1.807, 2.05) is 0 Å². The van der Waals surface area contributed by atoms with Crippen molar-refractivity contribution in [2.24, 2.45) is 0 Å². The predicted octanol–water partition coefficient (Wildman–Crippen LogP) is 0.543. The molecule has 1 amide bonds. The molecule has 1 aliphatic heterocycles. The van der Waals surface area contributed by atoms with Crippen molar-refractivity contribution in [3.8, 4) is 5.88 Å². The third kappa shape index (κ3) is 3.81. The highest BCUT2D eigenvalue weighted by atomic mass is 35.5. The van der Waals surface area contributed by atoms with Crippen LogP contribution in [0.15, 0.2) is 6.33 Å². The molecule has 2 heterocycles. The van der Waals surface area contributed by atoms with Gasteiger partial charge in [0.15, 0.2) is 0 Å².